The Bertz CT molecular complexity index is 368. The van der Waals surface area contributed by atoms with Crippen LogP contribution in [-0.4, -0.2) is 61.0 Å². The summed E-state index contributed by atoms with van der Waals surface area (Å²) in [5.41, 5.74) is 0. The summed E-state index contributed by atoms with van der Waals surface area (Å²) in [5.74, 6) is 2.19. The minimum atomic E-state index is 0.0107. The van der Waals surface area contributed by atoms with Crippen molar-refractivity contribution < 1.29 is 14.3 Å². The molecule has 2 amide bonds. The highest BCUT2D eigenvalue weighted by Gasteiger charge is 2.27. The molecule has 0 radical (unpaired) electrons. The number of likely N-dealkylation sites (tertiary alicyclic amines) is 2. The maximum Gasteiger partial charge on any atom is 0.248 e. The van der Waals surface area contributed by atoms with E-state index in [1.807, 2.05) is 9.80 Å². The van der Waals surface area contributed by atoms with Crippen molar-refractivity contribution in [3.63, 3.8) is 0 Å². The zero-order valence-corrected chi connectivity index (χ0v) is 15.1. The van der Waals surface area contributed by atoms with Crippen molar-refractivity contribution in [2.45, 2.75) is 40.5 Å². The number of amides is 2. The summed E-state index contributed by atoms with van der Waals surface area (Å²) in [6, 6.07) is 0. The Balaban J connectivity index is 1.71. The van der Waals surface area contributed by atoms with Gasteiger partial charge in [-0.3, -0.25) is 9.59 Å². The highest BCUT2D eigenvalue weighted by atomic mass is 16.5. The number of hydrogen-bond acceptors (Lipinski definition) is 3. The molecule has 2 fully saturated rings. The lowest BCUT2D eigenvalue weighted by Gasteiger charge is -2.35. The number of carbonyl (C=O) groups excluding carboxylic acids is 2. The Morgan fingerprint density at radius 2 is 1.04 bits per heavy atom. The standard InChI is InChI=1S/C18H32N2O3/c1-13-5-14(2)8-19(7-13)17(21)11-23-12-18(22)20-9-15(3)6-16(4)10-20/h13-16H,5-12H2,1-4H3/t13-,14-,15-,16+/m0/s1. The van der Waals surface area contributed by atoms with Gasteiger partial charge in [-0.05, 0) is 36.5 Å². The summed E-state index contributed by atoms with van der Waals surface area (Å²) in [5, 5.41) is 0. The highest BCUT2D eigenvalue weighted by Crippen LogP contribution is 2.22. The largest absolute Gasteiger partial charge is 0.362 e. The molecule has 5 heteroatoms. The first kappa shape index (κ1) is 18.2. The van der Waals surface area contributed by atoms with Crippen LogP contribution in [0.1, 0.15) is 40.5 Å². The van der Waals surface area contributed by atoms with Crippen LogP contribution in [0.4, 0.5) is 0 Å². The fraction of sp³-hybridized carbons (Fsp3) is 0.889. The predicted octanol–water partition coefficient (Wildman–Crippen LogP) is 2.01. The van der Waals surface area contributed by atoms with Gasteiger partial charge in [-0.1, -0.05) is 27.7 Å². The van der Waals surface area contributed by atoms with Crippen molar-refractivity contribution in [1.82, 2.24) is 9.80 Å². The van der Waals surface area contributed by atoms with Crippen LogP contribution in [0.3, 0.4) is 0 Å². The van der Waals surface area contributed by atoms with Gasteiger partial charge in [-0.25, -0.2) is 0 Å². The van der Waals surface area contributed by atoms with E-state index in [1.54, 1.807) is 0 Å². The van der Waals surface area contributed by atoms with Crippen molar-refractivity contribution in [3.8, 4) is 0 Å². The number of nitrogens with zero attached hydrogens (tertiary/aromatic N) is 2. The maximum atomic E-state index is 12.2. The van der Waals surface area contributed by atoms with Gasteiger partial charge in [-0.15, -0.1) is 0 Å². The van der Waals surface area contributed by atoms with Crippen molar-refractivity contribution in [1.29, 1.82) is 0 Å². The molecule has 0 N–H and O–H groups in total. The number of rotatable bonds is 4. The van der Waals surface area contributed by atoms with E-state index in [0.717, 1.165) is 26.2 Å². The van der Waals surface area contributed by atoms with Gasteiger partial charge in [-0.2, -0.15) is 0 Å². The van der Waals surface area contributed by atoms with Gasteiger partial charge in [0.25, 0.3) is 0 Å². The molecule has 2 aliphatic heterocycles. The second-order valence-corrected chi connectivity index (χ2v) is 7.98. The van der Waals surface area contributed by atoms with Gasteiger partial charge in [0, 0.05) is 26.2 Å². The third-order valence-corrected chi connectivity index (χ3v) is 4.89. The minimum Gasteiger partial charge on any atom is -0.362 e. The molecule has 2 saturated heterocycles. The normalized spacial score (nSPS) is 32.0. The third kappa shape index (κ3) is 5.48. The average Bonchev–Trinajstić information content (AvgIpc) is 2.44. The van der Waals surface area contributed by atoms with Gasteiger partial charge >= 0.3 is 0 Å². The summed E-state index contributed by atoms with van der Waals surface area (Å²) >= 11 is 0. The Morgan fingerprint density at radius 3 is 1.35 bits per heavy atom. The van der Waals surface area contributed by atoms with Crippen LogP contribution >= 0.6 is 0 Å². The Morgan fingerprint density at radius 1 is 0.739 bits per heavy atom. The van der Waals surface area contributed by atoms with Gasteiger partial charge < -0.3 is 14.5 Å². The average molecular weight is 324 g/mol. The first-order valence-electron chi connectivity index (χ1n) is 8.98. The van der Waals surface area contributed by atoms with Crippen molar-refractivity contribution in [2.75, 3.05) is 39.4 Å². The topological polar surface area (TPSA) is 49.9 Å². The molecule has 0 aromatic carbocycles. The number of ether oxygens (including phenoxy) is 1. The van der Waals surface area contributed by atoms with E-state index in [0.29, 0.717) is 23.7 Å². The fourth-order valence-corrected chi connectivity index (χ4v) is 4.14. The summed E-state index contributed by atoms with van der Waals surface area (Å²) in [6.07, 6.45) is 2.35. The van der Waals surface area contributed by atoms with E-state index in [4.69, 9.17) is 4.74 Å². The van der Waals surface area contributed by atoms with Crippen LogP contribution in [-0.2, 0) is 14.3 Å². The lowest BCUT2D eigenvalue weighted by Crippen LogP contribution is -2.46. The summed E-state index contributed by atoms with van der Waals surface area (Å²) in [6.45, 7) is 12.0. The third-order valence-electron chi connectivity index (χ3n) is 4.89. The van der Waals surface area contributed by atoms with Crippen LogP contribution in [0.2, 0.25) is 0 Å². The first-order chi connectivity index (χ1) is 10.8. The number of piperidine rings is 2. The van der Waals surface area contributed by atoms with Crippen molar-refractivity contribution in [2.24, 2.45) is 23.7 Å². The van der Waals surface area contributed by atoms with Gasteiger partial charge in [0.05, 0.1) is 0 Å². The second kappa shape index (κ2) is 8.13. The molecular weight excluding hydrogens is 292 g/mol. The van der Waals surface area contributed by atoms with E-state index in [9.17, 15) is 9.59 Å². The molecule has 4 atom stereocenters. The molecule has 0 aliphatic carbocycles. The molecule has 0 unspecified atom stereocenters. The molecule has 23 heavy (non-hydrogen) atoms. The van der Waals surface area contributed by atoms with Gasteiger partial charge in [0.2, 0.25) is 11.8 Å². The molecule has 5 nitrogen and oxygen atoms in total. The predicted molar refractivity (Wildman–Crippen MR) is 89.9 cm³/mol. The lowest BCUT2D eigenvalue weighted by molar-refractivity contribution is -0.144. The van der Waals surface area contributed by atoms with E-state index >= 15 is 0 Å². The zero-order valence-electron chi connectivity index (χ0n) is 15.1. The maximum absolute atomic E-state index is 12.2. The van der Waals surface area contributed by atoms with Crippen LogP contribution in [0.5, 0.6) is 0 Å². The van der Waals surface area contributed by atoms with E-state index in [1.165, 1.54) is 12.8 Å². The van der Waals surface area contributed by atoms with E-state index in [-0.39, 0.29) is 25.0 Å². The molecule has 2 rings (SSSR count). The molecule has 132 valence electrons. The summed E-state index contributed by atoms with van der Waals surface area (Å²) in [7, 11) is 0. The molecule has 0 saturated carbocycles. The van der Waals surface area contributed by atoms with Crippen LogP contribution in [0.15, 0.2) is 0 Å². The van der Waals surface area contributed by atoms with E-state index < -0.39 is 0 Å². The molecule has 0 bridgehead atoms. The molecular formula is C18H32N2O3. The monoisotopic (exact) mass is 324 g/mol. The van der Waals surface area contributed by atoms with Gasteiger partial charge in [0.1, 0.15) is 13.2 Å². The SMILES string of the molecule is C[C@@H]1C[C@H](C)CN(C(=O)COCC(=O)N2C[C@@H](C)C[C@H](C)C2)C1. The van der Waals surface area contributed by atoms with Crippen LogP contribution in [0.25, 0.3) is 0 Å². The Hall–Kier alpha value is -1.10. The molecule has 2 heterocycles. The summed E-state index contributed by atoms with van der Waals surface area (Å²) in [4.78, 5) is 28.2. The first-order valence-corrected chi connectivity index (χ1v) is 8.98. The quantitative estimate of drug-likeness (QED) is 0.795. The molecule has 0 aromatic heterocycles. The minimum absolute atomic E-state index is 0.0107. The molecule has 2 aliphatic rings. The van der Waals surface area contributed by atoms with E-state index in [2.05, 4.69) is 27.7 Å². The highest BCUT2D eigenvalue weighted by molar-refractivity contribution is 5.80. The van der Waals surface area contributed by atoms with Gasteiger partial charge in [0.15, 0.2) is 0 Å². The number of hydrogen-bond donors (Lipinski definition) is 0. The second-order valence-electron chi connectivity index (χ2n) is 7.98. The fourth-order valence-electron chi connectivity index (χ4n) is 4.14. The lowest BCUT2D eigenvalue weighted by atomic mass is 9.92. The zero-order chi connectivity index (χ0) is 17.0. The summed E-state index contributed by atoms with van der Waals surface area (Å²) < 4.78 is 5.42. The Labute approximate surface area is 140 Å². The van der Waals surface area contributed by atoms with Crippen LogP contribution in [0, 0.1) is 23.7 Å². The molecule has 0 spiro atoms. The number of carbonyl (C=O) groups is 2. The smallest absolute Gasteiger partial charge is 0.248 e. The molecule has 0 aromatic rings. The Kier molecular flexibility index (Phi) is 6.45. The van der Waals surface area contributed by atoms with Crippen molar-refractivity contribution >= 4 is 11.8 Å². The van der Waals surface area contributed by atoms with Crippen molar-refractivity contribution in [3.05, 3.63) is 0 Å². The van der Waals surface area contributed by atoms with Crippen LogP contribution < -0.4 is 0 Å².